The van der Waals surface area contributed by atoms with Gasteiger partial charge in [0.25, 0.3) is 0 Å². The van der Waals surface area contributed by atoms with Gasteiger partial charge in [0.1, 0.15) is 11.6 Å². The monoisotopic (exact) mass is 257 g/mol. The predicted molar refractivity (Wildman–Crippen MR) is 68.3 cm³/mol. The van der Waals surface area contributed by atoms with Crippen molar-refractivity contribution in [3.05, 3.63) is 35.4 Å². The van der Waals surface area contributed by atoms with Crippen molar-refractivity contribution in [2.75, 3.05) is 6.61 Å². The van der Waals surface area contributed by atoms with Crippen molar-refractivity contribution in [3.63, 3.8) is 0 Å². The summed E-state index contributed by atoms with van der Waals surface area (Å²) >= 11 is 0. The number of halogens is 2. The minimum absolute atomic E-state index is 0.150. The van der Waals surface area contributed by atoms with E-state index in [2.05, 4.69) is 5.32 Å². The molecule has 18 heavy (non-hydrogen) atoms. The lowest BCUT2D eigenvalue weighted by Crippen LogP contribution is -2.31. The van der Waals surface area contributed by atoms with Crippen LogP contribution in [-0.4, -0.2) is 17.8 Å². The first kappa shape index (κ1) is 15.1. The lowest BCUT2D eigenvalue weighted by Gasteiger charge is -2.23. The molecule has 0 fully saturated rings. The second-order valence-corrected chi connectivity index (χ2v) is 4.56. The Morgan fingerprint density at radius 1 is 1.33 bits per heavy atom. The fourth-order valence-electron chi connectivity index (χ4n) is 2.03. The van der Waals surface area contributed by atoms with Crippen molar-refractivity contribution >= 4 is 0 Å². The van der Waals surface area contributed by atoms with Gasteiger partial charge in [0, 0.05) is 24.3 Å². The van der Waals surface area contributed by atoms with Crippen LogP contribution in [-0.2, 0) is 0 Å². The Hall–Kier alpha value is -1.00. The number of aliphatic hydroxyl groups is 1. The quantitative estimate of drug-likeness (QED) is 0.786. The van der Waals surface area contributed by atoms with Crippen LogP contribution in [0.15, 0.2) is 18.2 Å². The van der Waals surface area contributed by atoms with Gasteiger partial charge in [0.2, 0.25) is 0 Å². The first-order valence-electron chi connectivity index (χ1n) is 6.40. The van der Waals surface area contributed by atoms with E-state index in [1.165, 1.54) is 6.07 Å². The molecule has 0 spiro atoms. The lowest BCUT2D eigenvalue weighted by atomic mass is 10.0. The molecule has 102 valence electrons. The summed E-state index contributed by atoms with van der Waals surface area (Å²) in [7, 11) is 0. The zero-order valence-electron chi connectivity index (χ0n) is 10.9. The van der Waals surface area contributed by atoms with Gasteiger partial charge in [-0.3, -0.25) is 0 Å². The van der Waals surface area contributed by atoms with Crippen molar-refractivity contribution in [3.8, 4) is 0 Å². The average Bonchev–Trinajstić information content (AvgIpc) is 2.36. The summed E-state index contributed by atoms with van der Waals surface area (Å²) in [4.78, 5) is 0. The zero-order chi connectivity index (χ0) is 13.5. The SMILES string of the molecule is CCC(NC(C)CCCO)c1cc(F)ccc1F. The van der Waals surface area contributed by atoms with Crippen LogP contribution in [0.25, 0.3) is 0 Å². The van der Waals surface area contributed by atoms with Crippen LogP contribution in [0.3, 0.4) is 0 Å². The van der Waals surface area contributed by atoms with Gasteiger partial charge >= 0.3 is 0 Å². The zero-order valence-corrected chi connectivity index (χ0v) is 10.9. The number of hydrogen-bond donors (Lipinski definition) is 2. The van der Waals surface area contributed by atoms with E-state index in [1.807, 2.05) is 13.8 Å². The molecule has 0 saturated carbocycles. The van der Waals surface area contributed by atoms with Gasteiger partial charge in [-0.1, -0.05) is 6.92 Å². The van der Waals surface area contributed by atoms with E-state index in [1.54, 1.807) is 0 Å². The van der Waals surface area contributed by atoms with E-state index in [0.717, 1.165) is 18.6 Å². The van der Waals surface area contributed by atoms with Crippen molar-refractivity contribution in [2.24, 2.45) is 0 Å². The van der Waals surface area contributed by atoms with Crippen LogP contribution >= 0.6 is 0 Å². The van der Waals surface area contributed by atoms with Crippen LogP contribution in [0, 0.1) is 11.6 Å². The summed E-state index contributed by atoms with van der Waals surface area (Å²) in [6, 6.07) is 3.49. The molecule has 1 aromatic rings. The third-order valence-electron chi connectivity index (χ3n) is 3.02. The fraction of sp³-hybridized carbons (Fsp3) is 0.571. The standard InChI is InChI=1S/C14H21F2NO/c1-3-14(17-10(2)5-4-8-18)12-9-11(15)6-7-13(12)16/h6-7,9-10,14,17-18H,3-5,8H2,1-2H3. The maximum atomic E-state index is 13.7. The first-order valence-corrected chi connectivity index (χ1v) is 6.40. The van der Waals surface area contributed by atoms with E-state index in [0.29, 0.717) is 18.4 Å². The third-order valence-corrected chi connectivity index (χ3v) is 3.02. The topological polar surface area (TPSA) is 32.3 Å². The van der Waals surface area contributed by atoms with Gasteiger partial charge in [0.05, 0.1) is 0 Å². The van der Waals surface area contributed by atoms with Gasteiger partial charge < -0.3 is 10.4 Å². The Bertz CT molecular complexity index is 371. The van der Waals surface area contributed by atoms with E-state index >= 15 is 0 Å². The number of benzene rings is 1. The van der Waals surface area contributed by atoms with E-state index in [-0.39, 0.29) is 24.5 Å². The van der Waals surface area contributed by atoms with E-state index in [9.17, 15) is 8.78 Å². The van der Waals surface area contributed by atoms with Crippen molar-refractivity contribution < 1.29 is 13.9 Å². The second-order valence-electron chi connectivity index (χ2n) is 4.56. The molecule has 0 amide bonds. The van der Waals surface area contributed by atoms with Crippen molar-refractivity contribution in [1.29, 1.82) is 0 Å². The molecule has 2 atom stereocenters. The molecule has 2 N–H and O–H groups in total. The number of hydrogen-bond acceptors (Lipinski definition) is 2. The second kappa shape index (κ2) is 7.44. The molecule has 0 aliphatic rings. The molecule has 0 radical (unpaired) electrons. The first-order chi connectivity index (χ1) is 8.58. The third kappa shape index (κ3) is 4.35. The number of nitrogens with one attached hydrogen (secondary N) is 1. The van der Waals surface area contributed by atoms with Gasteiger partial charge in [0.15, 0.2) is 0 Å². The molecule has 1 aromatic carbocycles. The van der Waals surface area contributed by atoms with E-state index < -0.39 is 5.82 Å². The number of aliphatic hydroxyl groups excluding tert-OH is 1. The summed E-state index contributed by atoms with van der Waals surface area (Å²) in [5.41, 5.74) is 0.369. The summed E-state index contributed by atoms with van der Waals surface area (Å²) in [6.07, 6.45) is 2.20. The minimum atomic E-state index is -0.422. The highest BCUT2D eigenvalue weighted by molar-refractivity contribution is 5.22. The molecule has 0 aromatic heterocycles. The maximum Gasteiger partial charge on any atom is 0.128 e. The molecule has 0 aliphatic carbocycles. The van der Waals surface area contributed by atoms with Gasteiger partial charge in [-0.25, -0.2) is 8.78 Å². The van der Waals surface area contributed by atoms with Crippen molar-refractivity contribution in [2.45, 2.75) is 45.2 Å². The molecule has 2 nitrogen and oxygen atoms in total. The van der Waals surface area contributed by atoms with E-state index in [4.69, 9.17) is 5.11 Å². The van der Waals surface area contributed by atoms with Crippen LogP contribution < -0.4 is 5.32 Å². The molecular formula is C14H21F2NO. The summed E-state index contributed by atoms with van der Waals surface area (Å²) in [6.45, 7) is 4.06. The maximum absolute atomic E-state index is 13.7. The Kier molecular flexibility index (Phi) is 6.22. The van der Waals surface area contributed by atoms with Gasteiger partial charge in [-0.2, -0.15) is 0 Å². The largest absolute Gasteiger partial charge is 0.396 e. The highest BCUT2D eigenvalue weighted by Gasteiger charge is 2.16. The predicted octanol–water partition coefficient (Wildman–Crippen LogP) is 3.17. The fourth-order valence-corrected chi connectivity index (χ4v) is 2.03. The van der Waals surface area contributed by atoms with Crippen LogP contribution in [0.5, 0.6) is 0 Å². The Labute approximate surface area is 107 Å². The lowest BCUT2D eigenvalue weighted by molar-refractivity contribution is 0.273. The molecule has 2 unspecified atom stereocenters. The van der Waals surface area contributed by atoms with Gasteiger partial charge in [-0.15, -0.1) is 0 Å². The normalized spacial score (nSPS) is 14.5. The summed E-state index contributed by atoms with van der Waals surface area (Å²) in [5.74, 6) is -0.806. The molecule has 1 rings (SSSR count). The highest BCUT2D eigenvalue weighted by Crippen LogP contribution is 2.22. The van der Waals surface area contributed by atoms with Crippen LogP contribution in [0.1, 0.15) is 44.7 Å². The Morgan fingerprint density at radius 3 is 2.67 bits per heavy atom. The molecule has 0 bridgehead atoms. The molecule has 4 heteroatoms. The smallest absolute Gasteiger partial charge is 0.128 e. The summed E-state index contributed by atoms with van der Waals surface area (Å²) < 4.78 is 26.8. The van der Waals surface area contributed by atoms with Crippen LogP contribution in [0.2, 0.25) is 0 Å². The highest BCUT2D eigenvalue weighted by atomic mass is 19.1. The Balaban J connectivity index is 2.73. The average molecular weight is 257 g/mol. The Morgan fingerprint density at radius 2 is 2.06 bits per heavy atom. The molecular weight excluding hydrogens is 236 g/mol. The molecule has 0 saturated heterocycles. The van der Waals surface area contributed by atoms with Crippen LogP contribution in [0.4, 0.5) is 8.78 Å². The number of rotatable bonds is 7. The minimum Gasteiger partial charge on any atom is -0.396 e. The van der Waals surface area contributed by atoms with Gasteiger partial charge in [-0.05, 0) is 44.4 Å². The summed E-state index contributed by atoms with van der Waals surface area (Å²) in [5, 5.41) is 12.0. The molecule has 0 aliphatic heterocycles. The van der Waals surface area contributed by atoms with Crippen molar-refractivity contribution in [1.82, 2.24) is 5.32 Å². The molecule has 0 heterocycles.